The quantitative estimate of drug-likeness (QED) is 0.666. The zero-order chi connectivity index (χ0) is 23.8. The SMILES string of the molecule is O=C1CC[C@@H](N2Cc3cc(C(=O)N[C@H](c4ccc(F)cc4)C4CCCC4)ccc3C2=O)C(=O)N1. The van der Waals surface area contributed by atoms with E-state index in [-0.39, 0.29) is 48.5 Å². The van der Waals surface area contributed by atoms with Crippen LogP contribution in [0.4, 0.5) is 4.39 Å². The number of nitrogens with one attached hydrogen (secondary N) is 2. The lowest BCUT2D eigenvalue weighted by atomic mass is 9.91. The minimum atomic E-state index is -0.694. The third-order valence-electron chi connectivity index (χ3n) is 7.17. The molecule has 0 aromatic heterocycles. The monoisotopic (exact) mass is 463 g/mol. The van der Waals surface area contributed by atoms with Crippen LogP contribution >= 0.6 is 0 Å². The minimum absolute atomic E-state index is 0.191. The van der Waals surface area contributed by atoms with E-state index in [2.05, 4.69) is 10.6 Å². The molecule has 1 saturated carbocycles. The Morgan fingerprint density at radius 3 is 2.47 bits per heavy atom. The van der Waals surface area contributed by atoms with Gasteiger partial charge in [0.25, 0.3) is 11.8 Å². The van der Waals surface area contributed by atoms with Crippen molar-refractivity contribution in [2.24, 2.45) is 5.92 Å². The largest absolute Gasteiger partial charge is 0.345 e. The molecule has 0 radical (unpaired) electrons. The number of hydrogen-bond donors (Lipinski definition) is 2. The normalized spacial score (nSPS) is 21.4. The molecule has 0 spiro atoms. The number of carbonyl (C=O) groups is 4. The van der Waals surface area contributed by atoms with Crippen LogP contribution in [-0.4, -0.2) is 34.6 Å². The second-order valence-electron chi connectivity index (χ2n) is 9.32. The summed E-state index contributed by atoms with van der Waals surface area (Å²) in [7, 11) is 0. The average Bonchev–Trinajstić information content (AvgIpc) is 3.46. The molecule has 34 heavy (non-hydrogen) atoms. The topological polar surface area (TPSA) is 95.6 Å². The number of amides is 4. The highest BCUT2D eigenvalue weighted by atomic mass is 19.1. The van der Waals surface area contributed by atoms with Gasteiger partial charge in [0.2, 0.25) is 11.8 Å². The van der Waals surface area contributed by atoms with E-state index in [4.69, 9.17) is 0 Å². The van der Waals surface area contributed by atoms with Crippen molar-refractivity contribution in [1.82, 2.24) is 15.5 Å². The summed E-state index contributed by atoms with van der Waals surface area (Å²) in [6.45, 7) is 0.214. The molecule has 5 rings (SSSR count). The van der Waals surface area contributed by atoms with Crippen LogP contribution in [0.5, 0.6) is 0 Å². The molecule has 0 unspecified atom stereocenters. The van der Waals surface area contributed by atoms with Crippen molar-refractivity contribution in [3.63, 3.8) is 0 Å². The third-order valence-corrected chi connectivity index (χ3v) is 7.17. The molecule has 7 nitrogen and oxygen atoms in total. The molecule has 2 N–H and O–H groups in total. The van der Waals surface area contributed by atoms with Crippen LogP contribution < -0.4 is 10.6 Å². The van der Waals surface area contributed by atoms with Crippen LogP contribution in [0, 0.1) is 11.7 Å². The summed E-state index contributed by atoms with van der Waals surface area (Å²) < 4.78 is 13.5. The molecular formula is C26H26FN3O4. The molecule has 1 saturated heterocycles. The Hall–Kier alpha value is -3.55. The number of benzene rings is 2. The first-order valence-electron chi connectivity index (χ1n) is 11.7. The fourth-order valence-corrected chi connectivity index (χ4v) is 5.37. The van der Waals surface area contributed by atoms with Gasteiger partial charge in [-0.1, -0.05) is 25.0 Å². The first kappa shape index (κ1) is 22.3. The molecule has 176 valence electrons. The van der Waals surface area contributed by atoms with E-state index in [9.17, 15) is 23.6 Å². The van der Waals surface area contributed by atoms with Crippen molar-refractivity contribution in [1.29, 1.82) is 0 Å². The van der Waals surface area contributed by atoms with Crippen LogP contribution in [0.3, 0.4) is 0 Å². The van der Waals surface area contributed by atoms with Gasteiger partial charge in [-0.3, -0.25) is 24.5 Å². The van der Waals surface area contributed by atoms with E-state index >= 15 is 0 Å². The maximum Gasteiger partial charge on any atom is 0.255 e. The van der Waals surface area contributed by atoms with Crippen molar-refractivity contribution >= 4 is 23.6 Å². The molecule has 2 atom stereocenters. The highest BCUT2D eigenvalue weighted by Crippen LogP contribution is 2.36. The summed E-state index contributed by atoms with van der Waals surface area (Å²) in [5.41, 5.74) is 2.46. The number of halogens is 1. The number of rotatable bonds is 5. The fourth-order valence-electron chi connectivity index (χ4n) is 5.37. The van der Waals surface area contributed by atoms with E-state index < -0.39 is 11.9 Å². The Balaban J connectivity index is 1.34. The zero-order valence-electron chi connectivity index (χ0n) is 18.7. The summed E-state index contributed by atoms with van der Waals surface area (Å²) in [5.74, 6) is -1.35. The number of piperidine rings is 1. The number of nitrogens with zero attached hydrogens (tertiary/aromatic N) is 1. The Morgan fingerprint density at radius 1 is 1.03 bits per heavy atom. The Labute approximate surface area is 196 Å². The van der Waals surface area contributed by atoms with E-state index in [1.165, 1.54) is 17.0 Å². The Kier molecular flexibility index (Phi) is 5.89. The van der Waals surface area contributed by atoms with Gasteiger partial charge >= 0.3 is 0 Å². The van der Waals surface area contributed by atoms with E-state index in [1.54, 1.807) is 30.3 Å². The van der Waals surface area contributed by atoms with Gasteiger partial charge in [0.05, 0.1) is 6.04 Å². The van der Waals surface area contributed by atoms with Gasteiger partial charge < -0.3 is 10.2 Å². The summed E-state index contributed by atoms with van der Waals surface area (Å²) in [5, 5.41) is 5.43. The zero-order valence-corrected chi connectivity index (χ0v) is 18.7. The predicted molar refractivity (Wildman–Crippen MR) is 121 cm³/mol. The number of fused-ring (bicyclic) bond motifs is 1. The number of imide groups is 1. The van der Waals surface area contributed by atoms with Gasteiger partial charge in [-0.25, -0.2) is 4.39 Å². The summed E-state index contributed by atoms with van der Waals surface area (Å²) >= 11 is 0. The summed E-state index contributed by atoms with van der Waals surface area (Å²) in [4.78, 5) is 51.3. The second kappa shape index (κ2) is 9.00. The lowest BCUT2D eigenvalue weighted by Gasteiger charge is -2.29. The van der Waals surface area contributed by atoms with Crippen molar-refractivity contribution in [3.8, 4) is 0 Å². The highest BCUT2D eigenvalue weighted by molar-refractivity contribution is 6.06. The van der Waals surface area contributed by atoms with Crippen LogP contribution in [0.2, 0.25) is 0 Å². The van der Waals surface area contributed by atoms with E-state index in [0.29, 0.717) is 23.1 Å². The number of carbonyl (C=O) groups excluding carboxylic acids is 4. The first-order chi connectivity index (χ1) is 16.4. The molecule has 4 amide bonds. The number of hydrogen-bond acceptors (Lipinski definition) is 4. The Bertz CT molecular complexity index is 1160. The van der Waals surface area contributed by atoms with Gasteiger partial charge in [0, 0.05) is 24.1 Å². The van der Waals surface area contributed by atoms with Gasteiger partial charge in [0.15, 0.2) is 0 Å². The fraction of sp³-hybridized carbons (Fsp3) is 0.385. The van der Waals surface area contributed by atoms with Gasteiger partial charge in [0.1, 0.15) is 11.9 Å². The van der Waals surface area contributed by atoms with E-state index in [1.807, 2.05) is 0 Å². The van der Waals surface area contributed by atoms with Gasteiger partial charge in [-0.05, 0) is 66.6 Å². The van der Waals surface area contributed by atoms with Crippen LogP contribution in [0.15, 0.2) is 42.5 Å². The van der Waals surface area contributed by atoms with Crippen LogP contribution in [0.25, 0.3) is 0 Å². The second-order valence-corrected chi connectivity index (χ2v) is 9.32. The van der Waals surface area contributed by atoms with Crippen LogP contribution in [-0.2, 0) is 16.1 Å². The van der Waals surface area contributed by atoms with Crippen molar-refractivity contribution in [3.05, 3.63) is 70.5 Å². The van der Waals surface area contributed by atoms with Crippen molar-refractivity contribution < 1.29 is 23.6 Å². The third kappa shape index (κ3) is 4.20. The average molecular weight is 464 g/mol. The van der Waals surface area contributed by atoms with E-state index in [0.717, 1.165) is 31.2 Å². The van der Waals surface area contributed by atoms with Crippen molar-refractivity contribution in [2.75, 3.05) is 0 Å². The molecule has 2 fully saturated rings. The lowest BCUT2D eigenvalue weighted by molar-refractivity contribution is -0.136. The Morgan fingerprint density at radius 2 is 1.76 bits per heavy atom. The molecular weight excluding hydrogens is 437 g/mol. The molecule has 1 aliphatic carbocycles. The standard InChI is InChI=1S/C26H26FN3O4/c27-19-8-5-16(6-9-19)23(15-3-1-2-4-15)29-24(32)17-7-10-20-18(13-17)14-30(26(20)34)21-11-12-22(31)28-25(21)33/h5-10,13,15,21,23H,1-4,11-12,14H2,(H,29,32)(H,28,31,33)/t21-,23+/m1/s1. The smallest absolute Gasteiger partial charge is 0.255 e. The maximum absolute atomic E-state index is 13.5. The molecule has 2 aromatic carbocycles. The predicted octanol–water partition coefficient (Wildman–Crippen LogP) is 3.25. The summed E-state index contributed by atoms with van der Waals surface area (Å²) in [6, 6.07) is 10.3. The highest BCUT2D eigenvalue weighted by Gasteiger charge is 2.39. The molecule has 8 heteroatoms. The lowest BCUT2D eigenvalue weighted by Crippen LogP contribution is -2.52. The molecule has 2 aromatic rings. The molecule has 3 aliphatic rings. The van der Waals surface area contributed by atoms with Gasteiger partial charge in [-0.15, -0.1) is 0 Å². The molecule has 2 aliphatic heterocycles. The van der Waals surface area contributed by atoms with Crippen LogP contribution in [0.1, 0.15) is 76.4 Å². The minimum Gasteiger partial charge on any atom is -0.345 e. The molecule has 0 bridgehead atoms. The van der Waals surface area contributed by atoms with Crippen molar-refractivity contribution in [2.45, 2.75) is 57.2 Å². The molecule has 2 heterocycles. The maximum atomic E-state index is 13.5. The first-order valence-corrected chi connectivity index (χ1v) is 11.7. The summed E-state index contributed by atoms with van der Waals surface area (Å²) in [6.07, 6.45) is 4.70. The van der Waals surface area contributed by atoms with Gasteiger partial charge in [-0.2, -0.15) is 0 Å².